The minimum absolute atomic E-state index is 0.306. The van der Waals surface area contributed by atoms with Crippen LogP contribution >= 0.6 is 0 Å². The number of halogens is 1. The second-order valence-electron chi connectivity index (χ2n) is 4.63. The minimum atomic E-state index is -0.797. The number of fused-ring (bicyclic) bond motifs is 1. The summed E-state index contributed by atoms with van der Waals surface area (Å²) in [6.07, 6.45) is 1.07. The van der Waals surface area contributed by atoms with Crippen molar-refractivity contribution in [3.8, 4) is 0 Å². The number of hydrogen-bond acceptors (Lipinski definition) is 3. The van der Waals surface area contributed by atoms with Crippen molar-refractivity contribution < 1.29 is 9.50 Å². The Labute approximate surface area is 115 Å². The van der Waals surface area contributed by atoms with E-state index < -0.39 is 6.10 Å². The zero-order chi connectivity index (χ0) is 13.9. The predicted octanol–water partition coefficient (Wildman–Crippen LogP) is 3.05. The second kappa shape index (κ2) is 5.35. The van der Waals surface area contributed by atoms with Crippen LogP contribution in [-0.4, -0.2) is 15.1 Å². The molecular formula is C16H13FN2O. The summed E-state index contributed by atoms with van der Waals surface area (Å²) in [6, 6.07) is 13.7. The van der Waals surface area contributed by atoms with Crippen molar-refractivity contribution in [2.75, 3.05) is 0 Å². The second-order valence-corrected chi connectivity index (χ2v) is 4.63. The number of benzene rings is 2. The van der Waals surface area contributed by atoms with Crippen molar-refractivity contribution in [1.29, 1.82) is 0 Å². The van der Waals surface area contributed by atoms with Gasteiger partial charge >= 0.3 is 0 Å². The third kappa shape index (κ3) is 2.65. The maximum Gasteiger partial charge on any atom is 0.123 e. The Morgan fingerprint density at radius 1 is 1.05 bits per heavy atom. The fourth-order valence-electron chi connectivity index (χ4n) is 2.12. The summed E-state index contributed by atoms with van der Waals surface area (Å²) in [5.41, 5.74) is 2.75. The summed E-state index contributed by atoms with van der Waals surface area (Å²) in [4.78, 5) is 8.65. The molecule has 0 bridgehead atoms. The van der Waals surface area contributed by atoms with Crippen LogP contribution in [0.15, 0.2) is 54.7 Å². The summed E-state index contributed by atoms with van der Waals surface area (Å²) in [6.45, 7) is 0. The third-order valence-corrected chi connectivity index (χ3v) is 3.13. The van der Waals surface area contributed by atoms with E-state index in [1.54, 1.807) is 18.3 Å². The lowest BCUT2D eigenvalue weighted by atomic mass is 10.1. The molecule has 3 aromatic rings. The van der Waals surface area contributed by atoms with Crippen molar-refractivity contribution >= 4 is 11.0 Å². The first kappa shape index (κ1) is 12.7. The van der Waals surface area contributed by atoms with Crippen LogP contribution in [0.4, 0.5) is 4.39 Å². The Morgan fingerprint density at radius 3 is 2.65 bits per heavy atom. The normalized spacial score (nSPS) is 12.5. The van der Waals surface area contributed by atoms with Gasteiger partial charge in [0.15, 0.2) is 0 Å². The van der Waals surface area contributed by atoms with Crippen LogP contribution in [-0.2, 0) is 6.42 Å². The molecule has 0 amide bonds. The van der Waals surface area contributed by atoms with Gasteiger partial charge in [-0.15, -0.1) is 0 Å². The van der Waals surface area contributed by atoms with Crippen LogP contribution < -0.4 is 0 Å². The first-order chi connectivity index (χ1) is 9.72. The maximum absolute atomic E-state index is 13.1. The van der Waals surface area contributed by atoms with Crippen LogP contribution in [0.1, 0.15) is 17.4 Å². The number of aromatic nitrogens is 2. The Bertz CT molecular complexity index is 745. The zero-order valence-corrected chi connectivity index (χ0v) is 10.7. The first-order valence-electron chi connectivity index (χ1n) is 6.36. The molecule has 0 spiro atoms. The van der Waals surface area contributed by atoms with E-state index in [1.807, 2.05) is 24.3 Å². The Hall–Kier alpha value is -2.33. The number of aliphatic hydroxyl groups is 1. The number of rotatable bonds is 3. The topological polar surface area (TPSA) is 46.0 Å². The highest BCUT2D eigenvalue weighted by atomic mass is 19.1. The number of hydrogen-bond donors (Lipinski definition) is 1. The van der Waals surface area contributed by atoms with Gasteiger partial charge in [0.1, 0.15) is 11.9 Å². The Morgan fingerprint density at radius 2 is 1.85 bits per heavy atom. The fraction of sp³-hybridized carbons (Fsp3) is 0.125. The molecule has 1 unspecified atom stereocenters. The Balaban J connectivity index is 1.86. The first-order valence-corrected chi connectivity index (χ1v) is 6.36. The molecule has 4 heteroatoms. The van der Waals surface area contributed by atoms with E-state index in [0.717, 1.165) is 16.6 Å². The van der Waals surface area contributed by atoms with Crippen LogP contribution in [0.3, 0.4) is 0 Å². The molecule has 1 heterocycles. The van der Waals surface area contributed by atoms with Gasteiger partial charge in [-0.2, -0.15) is 0 Å². The van der Waals surface area contributed by atoms with Crippen molar-refractivity contribution in [2.24, 2.45) is 0 Å². The highest BCUT2D eigenvalue weighted by molar-refractivity contribution is 5.73. The van der Waals surface area contributed by atoms with Crippen LogP contribution in [0.2, 0.25) is 0 Å². The lowest BCUT2D eigenvalue weighted by Crippen LogP contribution is -2.05. The monoisotopic (exact) mass is 268 g/mol. The summed E-state index contributed by atoms with van der Waals surface area (Å²) in [5, 5.41) is 10.2. The van der Waals surface area contributed by atoms with Gasteiger partial charge in [-0.25, -0.2) is 9.37 Å². The molecule has 1 atom stereocenters. The molecule has 0 saturated carbocycles. The molecule has 2 aromatic carbocycles. The summed E-state index contributed by atoms with van der Waals surface area (Å²) in [5.74, 6) is -0.306. The average Bonchev–Trinajstić information content (AvgIpc) is 2.47. The molecule has 1 N–H and O–H groups in total. The molecule has 0 radical (unpaired) electrons. The molecule has 100 valence electrons. The number of aliphatic hydroxyl groups excluding tert-OH is 1. The number of nitrogens with zero attached hydrogens (tertiary/aromatic N) is 2. The van der Waals surface area contributed by atoms with Crippen LogP contribution in [0, 0.1) is 5.82 Å². The van der Waals surface area contributed by atoms with Gasteiger partial charge in [0.25, 0.3) is 0 Å². The molecule has 1 aromatic heterocycles. The highest BCUT2D eigenvalue weighted by Crippen LogP contribution is 2.18. The molecule has 0 aliphatic heterocycles. The molecule has 0 aliphatic carbocycles. The zero-order valence-electron chi connectivity index (χ0n) is 10.7. The third-order valence-electron chi connectivity index (χ3n) is 3.13. The minimum Gasteiger partial charge on any atom is -0.386 e. The standard InChI is InChI=1S/C16H13FN2O/c17-12-5-3-4-11(8-12)9-16(20)15-10-18-13-6-1-2-7-14(13)19-15/h1-8,10,16,20H,9H2. The molecule has 0 saturated heterocycles. The van der Waals surface area contributed by atoms with Crippen molar-refractivity contribution in [2.45, 2.75) is 12.5 Å². The smallest absolute Gasteiger partial charge is 0.123 e. The van der Waals surface area contributed by atoms with E-state index in [4.69, 9.17) is 0 Å². The van der Waals surface area contributed by atoms with Gasteiger partial charge in [0.2, 0.25) is 0 Å². The van der Waals surface area contributed by atoms with Gasteiger partial charge in [-0.1, -0.05) is 24.3 Å². The predicted molar refractivity (Wildman–Crippen MR) is 74.6 cm³/mol. The molecule has 20 heavy (non-hydrogen) atoms. The summed E-state index contributed by atoms with van der Waals surface area (Å²) < 4.78 is 13.1. The van der Waals surface area contributed by atoms with E-state index in [0.29, 0.717) is 12.1 Å². The molecule has 3 rings (SSSR count). The number of para-hydroxylation sites is 2. The van der Waals surface area contributed by atoms with Crippen molar-refractivity contribution in [3.63, 3.8) is 0 Å². The molecular weight excluding hydrogens is 255 g/mol. The van der Waals surface area contributed by atoms with Gasteiger partial charge in [0.05, 0.1) is 22.9 Å². The van der Waals surface area contributed by atoms with E-state index >= 15 is 0 Å². The molecule has 3 nitrogen and oxygen atoms in total. The molecule has 0 aliphatic rings. The van der Waals surface area contributed by atoms with Gasteiger partial charge < -0.3 is 5.11 Å². The van der Waals surface area contributed by atoms with Gasteiger partial charge in [0, 0.05) is 6.42 Å². The van der Waals surface area contributed by atoms with Crippen molar-refractivity contribution in [3.05, 3.63) is 71.8 Å². The van der Waals surface area contributed by atoms with Crippen LogP contribution in [0.25, 0.3) is 11.0 Å². The van der Waals surface area contributed by atoms with E-state index in [1.165, 1.54) is 12.1 Å². The summed E-state index contributed by atoms with van der Waals surface area (Å²) >= 11 is 0. The molecule has 0 fully saturated rings. The van der Waals surface area contributed by atoms with E-state index in [9.17, 15) is 9.50 Å². The van der Waals surface area contributed by atoms with Crippen LogP contribution in [0.5, 0.6) is 0 Å². The summed E-state index contributed by atoms with van der Waals surface area (Å²) in [7, 11) is 0. The van der Waals surface area contributed by atoms with E-state index in [2.05, 4.69) is 9.97 Å². The maximum atomic E-state index is 13.1. The highest BCUT2D eigenvalue weighted by Gasteiger charge is 2.12. The Kier molecular flexibility index (Phi) is 3.39. The SMILES string of the molecule is OC(Cc1cccc(F)c1)c1cnc2ccccc2n1. The largest absolute Gasteiger partial charge is 0.386 e. The quantitative estimate of drug-likeness (QED) is 0.794. The van der Waals surface area contributed by atoms with Gasteiger partial charge in [-0.05, 0) is 29.8 Å². The lowest BCUT2D eigenvalue weighted by molar-refractivity contribution is 0.173. The average molecular weight is 268 g/mol. The fourth-order valence-corrected chi connectivity index (χ4v) is 2.12. The van der Waals surface area contributed by atoms with Gasteiger partial charge in [-0.3, -0.25) is 4.98 Å². The van der Waals surface area contributed by atoms with E-state index in [-0.39, 0.29) is 5.82 Å². The lowest BCUT2D eigenvalue weighted by Gasteiger charge is -2.10. The van der Waals surface area contributed by atoms with Crippen molar-refractivity contribution in [1.82, 2.24) is 9.97 Å².